The number of carbonyl (C=O) groups is 1. The molecule has 1 amide bonds. The van der Waals surface area contributed by atoms with Crippen molar-refractivity contribution in [2.75, 3.05) is 19.6 Å². The lowest BCUT2D eigenvalue weighted by Gasteiger charge is -2.31. The molecular formula is C17H22N2OS. The van der Waals surface area contributed by atoms with E-state index < -0.39 is 0 Å². The zero-order chi connectivity index (χ0) is 14.7. The van der Waals surface area contributed by atoms with Crippen LogP contribution in [0.2, 0.25) is 0 Å². The van der Waals surface area contributed by atoms with Crippen LogP contribution >= 0.6 is 11.3 Å². The molecule has 2 heterocycles. The Morgan fingerprint density at radius 2 is 2.10 bits per heavy atom. The Bertz CT molecular complexity index is 581. The van der Waals surface area contributed by atoms with E-state index in [0.717, 1.165) is 36.2 Å². The van der Waals surface area contributed by atoms with E-state index in [-0.39, 0.29) is 5.91 Å². The molecular weight excluding hydrogens is 280 g/mol. The fourth-order valence-corrected chi connectivity index (χ4v) is 3.93. The van der Waals surface area contributed by atoms with Crippen molar-refractivity contribution < 1.29 is 4.79 Å². The average Bonchev–Trinajstić information content (AvgIpc) is 2.94. The smallest absolute Gasteiger partial charge is 0.261 e. The fourth-order valence-electron chi connectivity index (χ4n) is 2.97. The highest BCUT2D eigenvalue weighted by Crippen LogP contribution is 2.25. The third kappa shape index (κ3) is 3.44. The van der Waals surface area contributed by atoms with Crippen LogP contribution in [0.25, 0.3) is 10.1 Å². The Balaban J connectivity index is 1.59. The topological polar surface area (TPSA) is 32.3 Å². The third-order valence-corrected chi connectivity index (χ3v) is 5.23. The van der Waals surface area contributed by atoms with Crippen molar-refractivity contribution >= 4 is 27.3 Å². The summed E-state index contributed by atoms with van der Waals surface area (Å²) in [6.07, 6.45) is 3.34. The Labute approximate surface area is 130 Å². The highest BCUT2D eigenvalue weighted by atomic mass is 32.1. The number of thiophene rings is 1. The standard InChI is InChI=1S/C17H22N2OS/c1-2-9-19-10-7-14(8-11-19)18-17(20)16-12-13-5-3-4-6-15(13)21-16/h3-6,12,14H,2,7-11H2,1H3,(H,18,20). The predicted octanol–water partition coefficient (Wildman–Crippen LogP) is 3.51. The van der Waals surface area contributed by atoms with Crippen LogP contribution in [0, 0.1) is 0 Å². The first-order valence-corrected chi connectivity index (χ1v) is 8.59. The quantitative estimate of drug-likeness (QED) is 0.937. The van der Waals surface area contributed by atoms with Crippen LogP contribution in [0.4, 0.5) is 0 Å². The first-order valence-electron chi connectivity index (χ1n) is 7.78. The number of benzene rings is 1. The van der Waals surface area contributed by atoms with E-state index in [1.54, 1.807) is 11.3 Å². The highest BCUT2D eigenvalue weighted by Gasteiger charge is 2.21. The van der Waals surface area contributed by atoms with E-state index in [1.807, 2.05) is 18.2 Å². The van der Waals surface area contributed by atoms with Crippen molar-refractivity contribution in [3.8, 4) is 0 Å². The zero-order valence-electron chi connectivity index (χ0n) is 12.5. The van der Waals surface area contributed by atoms with Gasteiger partial charge < -0.3 is 10.2 Å². The SMILES string of the molecule is CCCN1CCC(NC(=O)c2cc3ccccc3s2)CC1. The number of likely N-dealkylation sites (tertiary alicyclic amines) is 1. The lowest BCUT2D eigenvalue weighted by molar-refractivity contribution is 0.0915. The number of rotatable bonds is 4. The van der Waals surface area contributed by atoms with E-state index in [9.17, 15) is 4.79 Å². The van der Waals surface area contributed by atoms with Gasteiger partial charge >= 0.3 is 0 Å². The van der Waals surface area contributed by atoms with Gasteiger partial charge in [-0.1, -0.05) is 25.1 Å². The van der Waals surface area contributed by atoms with E-state index in [0.29, 0.717) is 6.04 Å². The zero-order valence-corrected chi connectivity index (χ0v) is 13.3. The number of hydrogen-bond acceptors (Lipinski definition) is 3. The summed E-state index contributed by atoms with van der Waals surface area (Å²) >= 11 is 1.58. The molecule has 1 fully saturated rings. The maximum atomic E-state index is 12.4. The molecule has 1 N–H and O–H groups in total. The maximum absolute atomic E-state index is 12.4. The Morgan fingerprint density at radius 3 is 2.81 bits per heavy atom. The molecule has 0 spiro atoms. The minimum atomic E-state index is 0.0881. The van der Waals surface area contributed by atoms with Gasteiger partial charge in [0, 0.05) is 23.8 Å². The van der Waals surface area contributed by atoms with Crippen molar-refractivity contribution in [1.29, 1.82) is 0 Å². The van der Waals surface area contributed by atoms with Crippen molar-refractivity contribution in [1.82, 2.24) is 10.2 Å². The van der Waals surface area contributed by atoms with Gasteiger partial charge in [0.15, 0.2) is 0 Å². The first kappa shape index (κ1) is 14.5. The minimum absolute atomic E-state index is 0.0881. The van der Waals surface area contributed by atoms with E-state index in [2.05, 4.69) is 29.3 Å². The second-order valence-corrected chi connectivity index (χ2v) is 6.82. The van der Waals surface area contributed by atoms with Crippen molar-refractivity contribution in [3.05, 3.63) is 35.2 Å². The molecule has 3 rings (SSSR count). The molecule has 1 saturated heterocycles. The molecule has 112 valence electrons. The van der Waals surface area contributed by atoms with Gasteiger partial charge in [0.2, 0.25) is 0 Å². The van der Waals surface area contributed by atoms with E-state index in [4.69, 9.17) is 0 Å². The summed E-state index contributed by atoms with van der Waals surface area (Å²) in [7, 11) is 0. The van der Waals surface area contributed by atoms with Crippen molar-refractivity contribution in [2.45, 2.75) is 32.2 Å². The molecule has 1 aliphatic heterocycles. The maximum Gasteiger partial charge on any atom is 0.261 e. The number of nitrogens with zero attached hydrogens (tertiary/aromatic N) is 1. The van der Waals surface area contributed by atoms with E-state index in [1.165, 1.54) is 17.7 Å². The third-order valence-electron chi connectivity index (χ3n) is 4.11. The lowest BCUT2D eigenvalue weighted by atomic mass is 10.0. The summed E-state index contributed by atoms with van der Waals surface area (Å²) in [4.78, 5) is 15.7. The van der Waals surface area contributed by atoms with Crippen LogP contribution in [0.5, 0.6) is 0 Å². The number of hydrogen-bond donors (Lipinski definition) is 1. The van der Waals surface area contributed by atoms with Crippen LogP contribution in [-0.4, -0.2) is 36.5 Å². The molecule has 2 aromatic rings. The normalized spacial score (nSPS) is 17.2. The van der Waals surface area contributed by atoms with Gasteiger partial charge in [-0.05, 0) is 43.3 Å². The van der Waals surface area contributed by atoms with Crippen molar-refractivity contribution in [2.24, 2.45) is 0 Å². The molecule has 3 nitrogen and oxygen atoms in total. The van der Waals surface area contributed by atoms with Crippen LogP contribution in [0.3, 0.4) is 0 Å². The van der Waals surface area contributed by atoms with Gasteiger partial charge in [-0.25, -0.2) is 0 Å². The number of piperidine rings is 1. The summed E-state index contributed by atoms with van der Waals surface area (Å²) in [5, 5.41) is 4.36. The van der Waals surface area contributed by atoms with Crippen LogP contribution in [0.1, 0.15) is 35.9 Å². The molecule has 0 unspecified atom stereocenters. The van der Waals surface area contributed by atoms with Gasteiger partial charge in [-0.3, -0.25) is 4.79 Å². The van der Waals surface area contributed by atoms with E-state index >= 15 is 0 Å². The average molecular weight is 302 g/mol. The molecule has 1 aromatic carbocycles. The van der Waals surface area contributed by atoms with Crippen LogP contribution in [0.15, 0.2) is 30.3 Å². The monoisotopic (exact) mass is 302 g/mol. The molecule has 4 heteroatoms. The number of fused-ring (bicyclic) bond motifs is 1. The molecule has 21 heavy (non-hydrogen) atoms. The van der Waals surface area contributed by atoms with Gasteiger partial charge in [-0.15, -0.1) is 11.3 Å². The number of amides is 1. The second kappa shape index (κ2) is 6.58. The Morgan fingerprint density at radius 1 is 1.33 bits per heavy atom. The summed E-state index contributed by atoms with van der Waals surface area (Å²) < 4.78 is 1.18. The minimum Gasteiger partial charge on any atom is -0.349 e. The first-order chi connectivity index (χ1) is 10.3. The van der Waals surface area contributed by atoms with Gasteiger partial charge in [0.1, 0.15) is 0 Å². The number of nitrogens with one attached hydrogen (secondary N) is 1. The summed E-state index contributed by atoms with van der Waals surface area (Å²) in [5.41, 5.74) is 0. The summed E-state index contributed by atoms with van der Waals surface area (Å²) in [6.45, 7) is 5.60. The number of carbonyl (C=O) groups excluding carboxylic acids is 1. The van der Waals surface area contributed by atoms with Gasteiger partial charge in [0.25, 0.3) is 5.91 Å². The largest absolute Gasteiger partial charge is 0.349 e. The molecule has 1 aliphatic rings. The molecule has 0 aliphatic carbocycles. The summed E-state index contributed by atoms with van der Waals surface area (Å²) in [5.74, 6) is 0.0881. The second-order valence-electron chi connectivity index (χ2n) is 5.74. The Kier molecular flexibility index (Phi) is 4.56. The lowest BCUT2D eigenvalue weighted by Crippen LogP contribution is -2.44. The summed E-state index contributed by atoms with van der Waals surface area (Å²) in [6, 6.07) is 10.5. The predicted molar refractivity (Wildman–Crippen MR) is 89.0 cm³/mol. The van der Waals surface area contributed by atoms with Crippen molar-refractivity contribution in [3.63, 3.8) is 0 Å². The van der Waals surface area contributed by atoms with Gasteiger partial charge in [0.05, 0.1) is 4.88 Å². The van der Waals surface area contributed by atoms with Crippen LogP contribution < -0.4 is 5.32 Å². The molecule has 0 atom stereocenters. The highest BCUT2D eigenvalue weighted by molar-refractivity contribution is 7.20. The molecule has 0 saturated carbocycles. The fraction of sp³-hybridized carbons (Fsp3) is 0.471. The molecule has 0 bridgehead atoms. The molecule has 0 radical (unpaired) electrons. The van der Waals surface area contributed by atoms with Crippen LogP contribution in [-0.2, 0) is 0 Å². The molecule has 1 aromatic heterocycles. The Hall–Kier alpha value is -1.39. The van der Waals surface area contributed by atoms with Gasteiger partial charge in [-0.2, -0.15) is 0 Å².